The summed E-state index contributed by atoms with van der Waals surface area (Å²) in [5, 5.41) is 3.14. The zero-order valence-corrected chi connectivity index (χ0v) is 11.2. The highest BCUT2D eigenvalue weighted by atomic mass is 79.9. The first-order chi connectivity index (χ1) is 8.65. The van der Waals surface area contributed by atoms with Crippen molar-refractivity contribution in [2.24, 2.45) is 0 Å². The van der Waals surface area contributed by atoms with Crippen molar-refractivity contribution in [3.63, 3.8) is 0 Å². The third-order valence-corrected chi connectivity index (χ3v) is 3.17. The van der Waals surface area contributed by atoms with Crippen molar-refractivity contribution in [3.8, 4) is 0 Å². The second kappa shape index (κ2) is 6.07. The summed E-state index contributed by atoms with van der Waals surface area (Å²) in [4.78, 5) is 0. The number of hydrogen-bond donors (Lipinski definition) is 1. The molecule has 0 spiro atoms. The highest BCUT2D eigenvalue weighted by Crippen LogP contribution is 2.16. The zero-order chi connectivity index (χ0) is 13.0. The Labute approximate surface area is 113 Å². The summed E-state index contributed by atoms with van der Waals surface area (Å²) < 4.78 is 26.6. The van der Waals surface area contributed by atoms with Gasteiger partial charge in [0.1, 0.15) is 11.6 Å². The van der Waals surface area contributed by atoms with Crippen molar-refractivity contribution in [2.45, 2.75) is 13.1 Å². The summed E-state index contributed by atoms with van der Waals surface area (Å²) in [5.74, 6) is -0.524. The number of halogens is 3. The van der Waals surface area contributed by atoms with Gasteiger partial charge in [0.15, 0.2) is 0 Å². The molecule has 2 rings (SSSR count). The van der Waals surface area contributed by atoms with Crippen molar-refractivity contribution in [1.29, 1.82) is 0 Å². The molecule has 94 valence electrons. The first-order valence-electron chi connectivity index (χ1n) is 5.54. The smallest absolute Gasteiger partial charge is 0.137 e. The predicted octanol–water partition coefficient (Wildman–Crippen LogP) is 4.02. The Morgan fingerprint density at radius 2 is 1.67 bits per heavy atom. The molecular formula is C14H12BrF2N. The van der Waals surface area contributed by atoms with E-state index in [0.717, 1.165) is 11.1 Å². The lowest BCUT2D eigenvalue weighted by Crippen LogP contribution is -2.12. The van der Waals surface area contributed by atoms with E-state index < -0.39 is 0 Å². The van der Waals surface area contributed by atoms with Gasteiger partial charge < -0.3 is 5.32 Å². The SMILES string of the molecule is Fc1cccc(CNCc2ccc(Br)c(F)c2)c1. The summed E-state index contributed by atoms with van der Waals surface area (Å²) in [6.45, 7) is 1.09. The zero-order valence-electron chi connectivity index (χ0n) is 9.59. The second-order valence-corrected chi connectivity index (χ2v) is 4.84. The van der Waals surface area contributed by atoms with Gasteiger partial charge in [-0.2, -0.15) is 0 Å². The van der Waals surface area contributed by atoms with E-state index >= 15 is 0 Å². The van der Waals surface area contributed by atoms with Gasteiger partial charge in [-0.05, 0) is 51.3 Å². The highest BCUT2D eigenvalue weighted by molar-refractivity contribution is 9.10. The third-order valence-electron chi connectivity index (χ3n) is 2.53. The van der Waals surface area contributed by atoms with Crippen molar-refractivity contribution >= 4 is 15.9 Å². The fourth-order valence-corrected chi connectivity index (χ4v) is 1.89. The van der Waals surface area contributed by atoms with Crippen LogP contribution in [0.15, 0.2) is 46.9 Å². The van der Waals surface area contributed by atoms with Crippen LogP contribution in [0.4, 0.5) is 8.78 Å². The summed E-state index contributed by atoms with van der Waals surface area (Å²) in [6, 6.07) is 11.4. The molecule has 1 nitrogen and oxygen atoms in total. The van der Waals surface area contributed by atoms with Gasteiger partial charge in [-0.1, -0.05) is 18.2 Å². The van der Waals surface area contributed by atoms with E-state index in [1.54, 1.807) is 12.1 Å². The van der Waals surface area contributed by atoms with Gasteiger partial charge in [-0.15, -0.1) is 0 Å². The van der Waals surface area contributed by atoms with E-state index in [1.165, 1.54) is 18.2 Å². The molecule has 0 aliphatic carbocycles. The molecule has 0 radical (unpaired) electrons. The Balaban J connectivity index is 1.90. The van der Waals surface area contributed by atoms with Crippen LogP contribution < -0.4 is 5.32 Å². The second-order valence-electron chi connectivity index (χ2n) is 3.98. The molecule has 0 bridgehead atoms. The van der Waals surface area contributed by atoms with Crippen LogP contribution in [0.5, 0.6) is 0 Å². The Hall–Kier alpha value is -1.26. The maximum absolute atomic E-state index is 13.3. The molecule has 4 heteroatoms. The molecule has 0 aromatic heterocycles. The summed E-state index contributed by atoms with van der Waals surface area (Å²) >= 11 is 3.11. The Bertz CT molecular complexity index is 543. The van der Waals surface area contributed by atoms with Gasteiger partial charge in [0, 0.05) is 13.1 Å². The van der Waals surface area contributed by atoms with Gasteiger partial charge in [0.25, 0.3) is 0 Å². The Morgan fingerprint density at radius 3 is 2.33 bits per heavy atom. The molecule has 0 heterocycles. The molecule has 0 fully saturated rings. The molecule has 0 saturated carbocycles. The largest absolute Gasteiger partial charge is 0.309 e. The third kappa shape index (κ3) is 3.62. The highest BCUT2D eigenvalue weighted by Gasteiger charge is 2.00. The van der Waals surface area contributed by atoms with E-state index in [2.05, 4.69) is 21.2 Å². The molecule has 0 aliphatic heterocycles. The topological polar surface area (TPSA) is 12.0 Å². The number of nitrogens with one attached hydrogen (secondary N) is 1. The molecule has 2 aromatic rings. The van der Waals surface area contributed by atoms with Crippen LogP contribution in [0.2, 0.25) is 0 Å². The lowest BCUT2D eigenvalue weighted by molar-refractivity contribution is 0.611. The molecule has 0 aliphatic rings. The number of rotatable bonds is 4. The molecule has 0 atom stereocenters. The predicted molar refractivity (Wildman–Crippen MR) is 71.0 cm³/mol. The van der Waals surface area contributed by atoms with Crippen LogP contribution in [-0.2, 0) is 13.1 Å². The van der Waals surface area contributed by atoms with E-state index in [9.17, 15) is 8.78 Å². The standard InChI is InChI=1S/C14H12BrF2N/c15-13-5-4-11(7-14(13)17)9-18-8-10-2-1-3-12(16)6-10/h1-7,18H,8-9H2. The first kappa shape index (κ1) is 13.2. The van der Waals surface area contributed by atoms with Crippen molar-refractivity contribution < 1.29 is 8.78 Å². The molecular weight excluding hydrogens is 300 g/mol. The summed E-state index contributed by atoms with van der Waals surface area (Å²) in [7, 11) is 0. The molecule has 0 unspecified atom stereocenters. The minimum atomic E-state index is -0.278. The van der Waals surface area contributed by atoms with Crippen LogP contribution in [0.25, 0.3) is 0 Å². The summed E-state index contributed by atoms with van der Waals surface area (Å²) in [5.41, 5.74) is 1.72. The molecule has 1 N–H and O–H groups in total. The lowest BCUT2D eigenvalue weighted by atomic mass is 10.2. The summed E-state index contributed by atoms with van der Waals surface area (Å²) in [6.07, 6.45) is 0. The minimum Gasteiger partial charge on any atom is -0.309 e. The van der Waals surface area contributed by atoms with Gasteiger partial charge in [0.05, 0.1) is 4.47 Å². The van der Waals surface area contributed by atoms with Crippen LogP contribution in [0.3, 0.4) is 0 Å². The lowest BCUT2D eigenvalue weighted by Gasteiger charge is -2.06. The van der Waals surface area contributed by atoms with Crippen LogP contribution in [0, 0.1) is 11.6 Å². The minimum absolute atomic E-state index is 0.246. The molecule has 0 amide bonds. The monoisotopic (exact) mass is 311 g/mol. The van der Waals surface area contributed by atoms with E-state index in [-0.39, 0.29) is 11.6 Å². The average Bonchev–Trinajstić information content (AvgIpc) is 2.34. The number of benzene rings is 2. The van der Waals surface area contributed by atoms with E-state index in [4.69, 9.17) is 0 Å². The number of hydrogen-bond acceptors (Lipinski definition) is 1. The van der Waals surface area contributed by atoms with Crippen LogP contribution in [0.1, 0.15) is 11.1 Å². The van der Waals surface area contributed by atoms with Gasteiger partial charge in [0.2, 0.25) is 0 Å². The maximum atomic E-state index is 13.3. The van der Waals surface area contributed by atoms with Crippen molar-refractivity contribution in [3.05, 3.63) is 69.7 Å². The molecule has 18 heavy (non-hydrogen) atoms. The quantitative estimate of drug-likeness (QED) is 0.899. The first-order valence-corrected chi connectivity index (χ1v) is 6.33. The molecule has 0 saturated heterocycles. The average molecular weight is 312 g/mol. The van der Waals surface area contributed by atoms with Crippen LogP contribution >= 0.6 is 15.9 Å². The maximum Gasteiger partial charge on any atom is 0.137 e. The van der Waals surface area contributed by atoms with Crippen molar-refractivity contribution in [2.75, 3.05) is 0 Å². The van der Waals surface area contributed by atoms with Crippen LogP contribution in [-0.4, -0.2) is 0 Å². The van der Waals surface area contributed by atoms with Crippen molar-refractivity contribution in [1.82, 2.24) is 5.32 Å². The van der Waals surface area contributed by atoms with Gasteiger partial charge in [-0.25, -0.2) is 8.78 Å². The van der Waals surface area contributed by atoms with Gasteiger partial charge >= 0.3 is 0 Å². The fourth-order valence-electron chi connectivity index (χ4n) is 1.65. The van der Waals surface area contributed by atoms with E-state index in [0.29, 0.717) is 17.6 Å². The fraction of sp³-hybridized carbons (Fsp3) is 0.143. The Morgan fingerprint density at radius 1 is 0.944 bits per heavy atom. The van der Waals surface area contributed by atoms with E-state index in [1.807, 2.05) is 12.1 Å². The molecule has 2 aromatic carbocycles. The normalized spacial score (nSPS) is 10.6. The van der Waals surface area contributed by atoms with Gasteiger partial charge in [-0.3, -0.25) is 0 Å². The Kier molecular flexibility index (Phi) is 4.44.